The summed E-state index contributed by atoms with van der Waals surface area (Å²) in [7, 11) is 1.00. The molecule has 0 heterocycles. The molecule has 1 aliphatic carbocycles. The van der Waals surface area contributed by atoms with Gasteiger partial charge in [0.15, 0.2) is 0 Å². The minimum atomic E-state index is 1.00. The van der Waals surface area contributed by atoms with E-state index in [1.807, 2.05) is 55.4 Å². The normalized spacial score (nSPS) is 10.1. The van der Waals surface area contributed by atoms with Gasteiger partial charge in [-0.15, -0.1) is 0 Å². The van der Waals surface area contributed by atoms with E-state index in [1.165, 1.54) is 33.4 Å². The van der Waals surface area contributed by atoms with Crippen LogP contribution in [-0.2, 0) is 12.8 Å². The standard InChI is InChI=1S/C18H18.4C2H6.CH4O/c1-13-6-8-15(9-7-13)16-10-11-18-14(2)4-3-5-17(18)12-16;5*1-2/h3-10H,11-12H2,1-2H3;4*1-2H3;2H,1H3. The molecule has 0 aromatic heterocycles. The predicted octanol–water partition coefficient (Wildman–Crippen LogP) is 8.20. The number of aliphatic hydroxyl groups is 1. The van der Waals surface area contributed by atoms with Crippen molar-refractivity contribution in [2.75, 3.05) is 7.11 Å². The molecule has 0 saturated heterocycles. The van der Waals surface area contributed by atoms with Crippen LogP contribution in [0.3, 0.4) is 0 Å². The van der Waals surface area contributed by atoms with Crippen molar-refractivity contribution < 1.29 is 5.11 Å². The first-order valence-electron chi connectivity index (χ1n) is 11.0. The zero-order valence-corrected chi connectivity index (χ0v) is 20.5. The van der Waals surface area contributed by atoms with Crippen LogP contribution in [0.15, 0.2) is 48.5 Å². The van der Waals surface area contributed by atoms with Crippen molar-refractivity contribution in [2.24, 2.45) is 0 Å². The monoisotopic (exact) mass is 386 g/mol. The molecule has 28 heavy (non-hydrogen) atoms. The van der Waals surface area contributed by atoms with Crippen LogP contribution in [0.4, 0.5) is 0 Å². The third-order valence-corrected chi connectivity index (χ3v) is 3.86. The van der Waals surface area contributed by atoms with Crippen LogP contribution in [0.25, 0.3) is 5.57 Å². The van der Waals surface area contributed by atoms with E-state index in [0.717, 1.165) is 20.0 Å². The van der Waals surface area contributed by atoms with Gasteiger partial charge in [-0.05, 0) is 54.5 Å². The van der Waals surface area contributed by atoms with Gasteiger partial charge >= 0.3 is 0 Å². The van der Waals surface area contributed by atoms with Gasteiger partial charge in [0.25, 0.3) is 0 Å². The number of hydrogen-bond donors (Lipinski definition) is 1. The Labute approximate surface area is 176 Å². The third-order valence-electron chi connectivity index (χ3n) is 3.86. The summed E-state index contributed by atoms with van der Waals surface area (Å²) >= 11 is 0. The number of rotatable bonds is 1. The van der Waals surface area contributed by atoms with Crippen LogP contribution < -0.4 is 0 Å². The van der Waals surface area contributed by atoms with Gasteiger partial charge in [-0.3, -0.25) is 0 Å². The molecule has 0 radical (unpaired) electrons. The fourth-order valence-electron chi connectivity index (χ4n) is 2.71. The maximum absolute atomic E-state index is 7.00. The number of allylic oxidation sites excluding steroid dienone is 2. The zero-order chi connectivity index (χ0) is 22.5. The summed E-state index contributed by atoms with van der Waals surface area (Å²) < 4.78 is 0. The fourth-order valence-corrected chi connectivity index (χ4v) is 2.71. The fraction of sp³-hybridized carbons (Fsp3) is 0.481. The molecule has 1 nitrogen and oxygen atoms in total. The molecule has 0 amide bonds. The number of hydrogen-bond acceptors (Lipinski definition) is 1. The lowest BCUT2D eigenvalue weighted by molar-refractivity contribution is 0.399. The van der Waals surface area contributed by atoms with Crippen LogP contribution in [-0.4, -0.2) is 12.2 Å². The average Bonchev–Trinajstić information content (AvgIpc) is 2.81. The highest BCUT2D eigenvalue weighted by Crippen LogP contribution is 2.29. The molecule has 0 fully saturated rings. The highest BCUT2D eigenvalue weighted by Gasteiger charge is 2.13. The molecule has 0 aliphatic heterocycles. The minimum absolute atomic E-state index is 1.00. The Morgan fingerprint density at radius 1 is 0.679 bits per heavy atom. The van der Waals surface area contributed by atoms with Crippen molar-refractivity contribution in [2.45, 2.75) is 82.1 Å². The summed E-state index contributed by atoms with van der Waals surface area (Å²) in [5, 5.41) is 7.00. The summed E-state index contributed by atoms with van der Waals surface area (Å²) in [4.78, 5) is 0. The van der Waals surface area contributed by atoms with Crippen LogP contribution in [0, 0.1) is 13.8 Å². The molecular weight excluding hydrogens is 340 g/mol. The Bertz CT molecular complexity index is 607. The molecule has 3 rings (SSSR count). The number of benzene rings is 2. The van der Waals surface area contributed by atoms with Crippen molar-refractivity contribution in [3.63, 3.8) is 0 Å². The topological polar surface area (TPSA) is 20.2 Å². The summed E-state index contributed by atoms with van der Waals surface area (Å²) in [6.07, 6.45) is 4.53. The third kappa shape index (κ3) is 10.5. The first-order chi connectivity index (χ1) is 13.7. The average molecular weight is 387 g/mol. The van der Waals surface area contributed by atoms with Gasteiger partial charge in [0.2, 0.25) is 0 Å². The second-order valence-corrected chi connectivity index (χ2v) is 5.19. The lowest BCUT2D eigenvalue weighted by Gasteiger charge is -2.19. The van der Waals surface area contributed by atoms with Crippen LogP contribution >= 0.6 is 0 Å². The maximum Gasteiger partial charge on any atom is 0.0319 e. The van der Waals surface area contributed by atoms with Crippen molar-refractivity contribution in [1.29, 1.82) is 0 Å². The van der Waals surface area contributed by atoms with Crippen molar-refractivity contribution in [1.82, 2.24) is 0 Å². The highest BCUT2D eigenvalue weighted by atomic mass is 16.2. The minimum Gasteiger partial charge on any atom is -0.400 e. The van der Waals surface area contributed by atoms with E-state index in [-0.39, 0.29) is 0 Å². The lowest BCUT2D eigenvalue weighted by atomic mass is 9.86. The molecule has 1 aliphatic rings. The Balaban J connectivity index is -0.000000548. The van der Waals surface area contributed by atoms with Gasteiger partial charge < -0.3 is 5.11 Å². The molecule has 160 valence electrons. The molecule has 2 aromatic rings. The van der Waals surface area contributed by atoms with Gasteiger partial charge in [-0.25, -0.2) is 0 Å². The molecule has 0 bridgehead atoms. The molecule has 0 spiro atoms. The Morgan fingerprint density at radius 2 is 1.18 bits per heavy atom. The van der Waals surface area contributed by atoms with E-state index >= 15 is 0 Å². The summed E-state index contributed by atoms with van der Waals surface area (Å²) in [6.45, 7) is 20.3. The van der Waals surface area contributed by atoms with E-state index in [9.17, 15) is 0 Å². The number of aliphatic hydroxyl groups excluding tert-OH is 1. The Hall–Kier alpha value is -1.86. The SMILES string of the molecule is CC.CC.CC.CC.CO.Cc1ccc(C2=CCc3c(C)cccc3C2)cc1. The van der Waals surface area contributed by atoms with E-state index in [4.69, 9.17) is 5.11 Å². The lowest BCUT2D eigenvalue weighted by Crippen LogP contribution is -2.04. The molecule has 2 aromatic carbocycles. The second-order valence-electron chi connectivity index (χ2n) is 5.19. The molecule has 0 unspecified atom stereocenters. The van der Waals surface area contributed by atoms with Gasteiger partial charge in [-0.2, -0.15) is 0 Å². The van der Waals surface area contributed by atoms with Crippen molar-refractivity contribution in [3.05, 3.63) is 76.4 Å². The molecule has 1 N–H and O–H groups in total. The summed E-state index contributed by atoms with van der Waals surface area (Å²) in [5.74, 6) is 0. The van der Waals surface area contributed by atoms with Gasteiger partial charge in [0, 0.05) is 7.11 Å². The van der Waals surface area contributed by atoms with Crippen LogP contribution in [0.1, 0.15) is 83.2 Å². The van der Waals surface area contributed by atoms with E-state index < -0.39 is 0 Å². The van der Waals surface area contributed by atoms with E-state index in [0.29, 0.717) is 0 Å². The predicted molar refractivity (Wildman–Crippen MR) is 131 cm³/mol. The van der Waals surface area contributed by atoms with Crippen LogP contribution in [0.5, 0.6) is 0 Å². The van der Waals surface area contributed by atoms with Crippen molar-refractivity contribution in [3.8, 4) is 0 Å². The van der Waals surface area contributed by atoms with E-state index in [2.05, 4.69) is 62.4 Å². The molecule has 1 heteroatoms. The van der Waals surface area contributed by atoms with Gasteiger partial charge in [-0.1, -0.05) is 109 Å². The van der Waals surface area contributed by atoms with Crippen LogP contribution in [0.2, 0.25) is 0 Å². The highest BCUT2D eigenvalue weighted by molar-refractivity contribution is 5.71. The summed E-state index contributed by atoms with van der Waals surface area (Å²) in [6, 6.07) is 15.5. The maximum atomic E-state index is 7.00. The van der Waals surface area contributed by atoms with Gasteiger partial charge in [0.1, 0.15) is 0 Å². The first-order valence-corrected chi connectivity index (χ1v) is 11.0. The Kier molecular flexibility index (Phi) is 23.6. The summed E-state index contributed by atoms with van der Waals surface area (Å²) in [5.41, 5.74) is 8.60. The molecular formula is C27H46O. The number of aryl methyl sites for hydroxylation is 2. The van der Waals surface area contributed by atoms with E-state index in [1.54, 1.807) is 0 Å². The van der Waals surface area contributed by atoms with Gasteiger partial charge in [0.05, 0.1) is 0 Å². The van der Waals surface area contributed by atoms with Crippen molar-refractivity contribution >= 4 is 5.57 Å². The number of fused-ring (bicyclic) bond motifs is 1. The zero-order valence-electron chi connectivity index (χ0n) is 20.5. The first kappa shape index (κ1) is 30.9. The quantitative estimate of drug-likeness (QED) is 0.523. The molecule has 0 saturated carbocycles. The Morgan fingerprint density at radius 3 is 1.68 bits per heavy atom. The largest absolute Gasteiger partial charge is 0.400 e. The smallest absolute Gasteiger partial charge is 0.0319 e. The second kappa shape index (κ2) is 21.4. The molecule has 0 atom stereocenters.